The predicted octanol–water partition coefficient (Wildman–Crippen LogP) is 0.738. The molecule has 8 heteroatoms. The molecule has 120 valence electrons. The largest absolute Gasteiger partial charge is 0.481 e. The lowest BCUT2D eigenvalue weighted by atomic mass is 10.1. The molecule has 0 saturated carbocycles. The first kappa shape index (κ1) is 15.0. The van der Waals surface area contributed by atoms with Crippen LogP contribution in [0.5, 0.6) is 5.88 Å². The molecule has 0 radical (unpaired) electrons. The van der Waals surface area contributed by atoms with Gasteiger partial charge >= 0.3 is 5.97 Å². The number of aromatic nitrogens is 3. The number of amides is 1. The van der Waals surface area contributed by atoms with Gasteiger partial charge in [-0.1, -0.05) is 0 Å². The van der Waals surface area contributed by atoms with Crippen molar-refractivity contribution in [2.75, 3.05) is 20.3 Å². The molecule has 0 fully saturated rings. The highest BCUT2D eigenvalue weighted by atomic mass is 16.5. The lowest BCUT2D eigenvalue weighted by molar-refractivity contribution is 0.0517. The zero-order valence-corrected chi connectivity index (χ0v) is 12.8. The maximum atomic E-state index is 12.2. The van der Waals surface area contributed by atoms with Crippen LogP contribution in [0.4, 0.5) is 0 Å². The highest BCUT2D eigenvalue weighted by Gasteiger charge is 2.31. The third-order valence-electron chi connectivity index (χ3n) is 3.50. The van der Waals surface area contributed by atoms with Gasteiger partial charge in [-0.25, -0.2) is 14.5 Å². The Balaban J connectivity index is 2.12. The second kappa shape index (κ2) is 6.07. The van der Waals surface area contributed by atoms with Gasteiger partial charge in [0.1, 0.15) is 5.69 Å². The van der Waals surface area contributed by atoms with Crippen molar-refractivity contribution in [2.24, 2.45) is 0 Å². The third kappa shape index (κ3) is 2.63. The van der Waals surface area contributed by atoms with E-state index in [4.69, 9.17) is 9.47 Å². The van der Waals surface area contributed by atoms with E-state index in [1.165, 1.54) is 18.0 Å². The SMILES string of the molecule is CCOC(=O)c1nn(-c2ccc(OC)nc2)c2c1CCNC2=O. The van der Waals surface area contributed by atoms with Gasteiger partial charge in [0.05, 0.1) is 25.6 Å². The van der Waals surface area contributed by atoms with E-state index in [-0.39, 0.29) is 18.2 Å². The summed E-state index contributed by atoms with van der Waals surface area (Å²) in [5, 5.41) is 7.05. The van der Waals surface area contributed by atoms with Crippen LogP contribution >= 0.6 is 0 Å². The van der Waals surface area contributed by atoms with E-state index in [1.807, 2.05) is 0 Å². The summed E-state index contributed by atoms with van der Waals surface area (Å²) >= 11 is 0. The molecular weight excluding hydrogens is 300 g/mol. The molecule has 2 aromatic heterocycles. The average Bonchev–Trinajstić information content (AvgIpc) is 2.96. The van der Waals surface area contributed by atoms with Gasteiger partial charge in [-0.2, -0.15) is 5.10 Å². The first-order valence-corrected chi connectivity index (χ1v) is 7.23. The van der Waals surface area contributed by atoms with Gasteiger partial charge < -0.3 is 14.8 Å². The first-order valence-electron chi connectivity index (χ1n) is 7.23. The van der Waals surface area contributed by atoms with E-state index >= 15 is 0 Å². The molecule has 3 heterocycles. The highest BCUT2D eigenvalue weighted by molar-refractivity contribution is 6.00. The predicted molar refractivity (Wildman–Crippen MR) is 79.9 cm³/mol. The molecule has 0 bridgehead atoms. The summed E-state index contributed by atoms with van der Waals surface area (Å²) in [7, 11) is 1.52. The number of nitrogens with one attached hydrogen (secondary N) is 1. The van der Waals surface area contributed by atoms with Crippen LogP contribution in [0.2, 0.25) is 0 Å². The smallest absolute Gasteiger partial charge is 0.359 e. The molecule has 0 spiro atoms. The Kier molecular flexibility index (Phi) is 3.96. The van der Waals surface area contributed by atoms with E-state index in [9.17, 15) is 9.59 Å². The summed E-state index contributed by atoms with van der Waals surface area (Å²) < 4.78 is 11.5. The Morgan fingerprint density at radius 1 is 1.43 bits per heavy atom. The fourth-order valence-electron chi connectivity index (χ4n) is 2.47. The number of fused-ring (bicyclic) bond motifs is 1. The number of carbonyl (C=O) groups excluding carboxylic acids is 2. The number of nitrogens with zero attached hydrogens (tertiary/aromatic N) is 3. The summed E-state index contributed by atoms with van der Waals surface area (Å²) in [4.78, 5) is 28.4. The molecule has 0 atom stereocenters. The van der Waals surface area contributed by atoms with Crippen LogP contribution < -0.4 is 10.1 Å². The van der Waals surface area contributed by atoms with Crippen LogP contribution in [0.1, 0.15) is 33.5 Å². The molecule has 1 aliphatic rings. The molecule has 1 aliphatic heterocycles. The Hall–Kier alpha value is -2.90. The number of ether oxygens (including phenoxy) is 2. The number of pyridine rings is 1. The molecule has 3 rings (SSSR count). The second-order valence-corrected chi connectivity index (χ2v) is 4.87. The van der Waals surface area contributed by atoms with Crippen molar-refractivity contribution in [2.45, 2.75) is 13.3 Å². The van der Waals surface area contributed by atoms with E-state index < -0.39 is 5.97 Å². The Morgan fingerprint density at radius 2 is 2.26 bits per heavy atom. The first-order chi connectivity index (χ1) is 11.2. The van der Waals surface area contributed by atoms with Crippen LogP contribution in [-0.4, -0.2) is 46.9 Å². The minimum atomic E-state index is -0.529. The summed E-state index contributed by atoms with van der Waals surface area (Å²) in [5.74, 6) is -0.353. The quantitative estimate of drug-likeness (QED) is 0.836. The Bertz CT molecular complexity index is 752. The molecule has 8 nitrogen and oxygen atoms in total. The number of methoxy groups -OCH3 is 1. The summed E-state index contributed by atoms with van der Waals surface area (Å²) in [6, 6.07) is 3.38. The number of carbonyl (C=O) groups is 2. The van der Waals surface area contributed by atoms with Crippen molar-refractivity contribution in [3.8, 4) is 11.6 Å². The fraction of sp³-hybridized carbons (Fsp3) is 0.333. The lowest BCUT2D eigenvalue weighted by Gasteiger charge is -2.14. The average molecular weight is 316 g/mol. The van der Waals surface area contributed by atoms with Crippen molar-refractivity contribution in [1.29, 1.82) is 0 Å². The summed E-state index contributed by atoms with van der Waals surface area (Å²) in [6.07, 6.45) is 2.06. The van der Waals surface area contributed by atoms with Crippen molar-refractivity contribution in [1.82, 2.24) is 20.1 Å². The molecular formula is C15H16N4O4. The van der Waals surface area contributed by atoms with Crippen LogP contribution in [0.25, 0.3) is 5.69 Å². The molecule has 0 aliphatic carbocycles. The van der Waals surface area contributed by atoms with Gasteiger partial charge in [0.2, 0.25) is 5.88 Å². The van der Waals surface area contributed by atoms with Crippen LogP contribution in [0.3, 0.4) is 0 Å². The monoisotopic (exact) mass is 316 g/mol. The van der Waals surface area contributed by atoms with E-state index in [1.54, 1.807) is 19.1 Å². The molecule has 0 aromatic carbocycles. The molecule has 0 unspecified atom stereocenters. The molecule has 23 heavy (non-hydrogen) atoms. The number of rotatable bonds is 4. The lowest BCUT2D eigenvalue weighted by Crippen LogP contribution is -2.33. The van der Waals surface area contributed by atoms with Crippen molar-refractivity contribution < 1.29 is 19.1 Å². The van der Waals surface area contributed by atoms with Gasteiger partial charge in [-0.15, -0.1) is 0 Å². The maximum absolute atomic E-state index is 12.2. The molecule has 0 saturated heterocycles. The molecule has 1 N–H and O–H groups in total. The van der Waals surface area contributed by atoms with Crippen molar-refractivity contribution >= 4 is 11.9 Å². The van der Waals surface area contributed by atoms with Gasteiger partial charge in [0.25, 0.3) is 5.91 Å². The number of hydrogen-bond acceptors (Lipinski definition) is 6. The molecule has 1 amide bonds. The Labute approximate surface area is 132 Å². The van der Waals surface area contributed by atoms with Crippen LogP contribution in [0, 0.1) is 0 Å². The normalized spacial score (nSPS) is 13.2. The standard InChI is InChI=1S/C15H16N4O4/c1-3-23-15(21)12-10-6-7-16-14(20)13(10)19(18-12)9-4-5-11(22-2)17-8-9/h4-5,8H,3,6-7H2,1-2H3,(H,16,20). The summed E-state index contributed by atoms with van der Waals surface area (Å²) in [5.41, 5.74) is 1.68. The van der Waals surface area contributed by atoms with Crippen LogP contribution in [-0.2, 0) is 11.2 Å². The third-order valence-corrected chi connectivity index (χ3v) is 3.50. The number of esters is 1. The topological polar surface area (TPSA) is 95.3 Å². The maximum Gasteiger partial charge on any atom is 0.359 e. The zero-order chi connectivity index (χ0) is 16.4. The van der Waals surface area contributed by atoms with E-state index in [0.29, 0.717) is 35.8 Å². The van der Waals surface area contributed by atoms with Crippen molar-refractivity contribution in [3.63, 3.8) is 0 Å². The van der Waals surface area contributed by atoms with E-state index in [2.05, 4.69) is 15.4 Å². The Morgan fingerprint density at radius 3 is 2.91 bits per heavy atom. The van der Waals surface area contributed by atoms with E-state index in [0.717, 1.165) is 0 Å². The van der Waals surface area contributed by atoms with Crippen molar-refractivity contribution in [3.05, 3.63) is 35.3 Å². The minimum Gasteiger partial charge on any atom is -0.481 e. The number of hydrogen-bond donors (Lipinski definition) is 1. The van der Waals surface area contributed by atoms with Gasteiger partial charge in [0.15, 0.2) is 5.69 Å². The van der Waals surface area contributed by atoms with Crippen LogP contribution in [0.15, 0.2) is 18.3 Å². The van der Waals surface area contributed by atoms with Gasteiger partial charge in [-0.3, -0.25) is 4.79 Å². The van der Waals surface area contributed by atoms with Gasteiger partial charge in [0, 0.05) is 18.2 Å². The van der Waals surface area contributed by atoms with Gasteiger partial charge in [-0.05, 0) is 19.4 Å². The minimum absolute atomic E-state index is 0.174. The fourth-order valence-corrected chi connectivity index (χ4v) is 2.47. The summed E-state index contributed by atoms with van der Waals surface area (Å²) in [6.45, 7) is 2.43. The zero-order valence-electron chi connectivity index (χ0n) is 12.8. The highest BCUT2D eigenvalue weighted by Crippen LogP contribution is 2.23. The second-order valence-electron chi connectivity index (χ2n) is 4.87. The molecule has 2 aromatic rings.